The third-order valence-corrected chi connectivity index (χ3v) is 7.78. The first-order valence-corrected chi connectivity index (χ1v) is 11.0. The summed E-state index contributed by atoms with van der Waals surface area (Å²) >= 11 is 3.65. The van der Waals surface area contributed by atoms with Crippen molar-refractivity contribution in [2.75, 3.05) is 0 Å². The van der Waals surface area contributed by atoms with Crippen LogP contribution < -0.4 is 0 Å². The van der Waals surface area contributed by atoms with Crippen molar-refractivity contribution in [2.24, 2.45) is 0 Å². The number of allylic oxidation sites excluding steroid dienone is 2. The van der Waals surface area contributed by atoms with Gasteiger partial charge in [0, 0.05) is 15.5 Å². The van der Waals surface area contributed by atoms with Gasteiger partial charge in [0.05, 0.1) is 0 Å². The molecule has 0 amide bonds. The first kappa shape index (κ1) is 16.4. The van der Waals surface area contributed by atoms with E-state index in [9.17, 15) is 0 Å². The standard InChI is InChI=1S/C27H19BrO/c1-26(2)22-13-15(7-9-18(22)19-10-8-16(28)14-23(19)26)27-12-11-21-17-5-3-4-6-20(17)24(21)25(27)29-27/h3-14,25H,1-2H3. The van der Waals surface area contributed by atoms with Crippen molar-refractivity contribution >= 4 is 27.1 Å². The monoisotopic (exact) mass is 438 g/mol. The third-order valence-electron chi connectivity index (χ3n) is 7.29. The fraction of sp³-hybridized carbons (Fsp3) is 0.185. The SMILES string of the molecule is CC1(C)c2cc(Br)ccc2-c2ccc(C34C=CC5=C(c6ccccc65)C3O4)cc21. The van der Waals surface area contributed by atoms with Crippen LogP contribution in [0.2, 0.25) is 0 Å². The lowest BCUT2D eigenvalue weighted by Gasteiger charge is -2.29. The topological polar surface area (TPSA) is 12.5 Å². The number of ether oxygens (including phenoxy) is 1. The number of fused-ring (bicyclic) bond motifs is 8. The highest BCUT2D eigenvalue weighted by Crippen LogP contribution is 2.63. The van der Waals surface area contributed by atoms with Crippen LogP contribution in [0, 0.1) is 0 Å². The molecule has 0 N–H and O–H groups in total. The van der Waals surface area contributed by atoms with Gasteiger partial charge in [-0.2, -0.15) is 0 Å². The summed E-state index contributed by atoms with van der Waals surface area (Å²) in [5.41, 5.74) is 11.9. The minimum atomic E-state index is -0.299. The van der Waals surface area contributed by atoms with Gasteiger partial charge in [0.15, 0.2) is 0 Å². The first-order valence-electron chi connectivity index (χ1n) is 10.2. The van der Waals surface area contributed by atoms with E-state index in [1.54, 1.807) is 0 Å². The second-order valence-corrected chi connectivity index (χ2v) is 9.99. The molecule has 3 aromatic carbocycles. The first-order chi connectivity index (χ1) is 14.0. The molecule has 1 heterocycles. The Labute approximate surface area is 178 Å². The Kier molecular flexibility index (Phi) is 2.83. The summed E-state index contributed by atoms with van der Waals surface area (Å²) in [7, 11) is 0. The fourth-order valence-corrected chi connectivity index (χ4v) is 6.04. The number of rotatable bonds is 1. The average molecular weight is 439 g/mol. The Morgan fingerprint density at radius 1 is 0.828 bits per heavy atom. The summed E-state index contributed by atoms with van der Waals surface area (Å²) in [6.45, 7) is 4.66. The van der Waals surface area contributed by atoms with Crippen LogP contribution in [0.3, 0.4) is 0 Å². The summed E-state index contributed by atoms with van der Waals surface area (Å²) in [6.07, 6.45) is 4.70. The molecule has 0 aromatic heterocycles. The van der Waals surface area contributed by atoms with Gasteiger partial charge in [-0.25, -0.2) is 0 Å². The molecule has 29 heavy (non-hydrogen) atoms. The minimum Gasteiger partial charge on any atom is -0.351 e. The Bertz CT molecular complexity index is 1330. The largest absolute Gasteiger partial charge is 0.351 e. The van der Waals surface area contributed by atoms with E-state index in [4.69, 9.17) is 4.74 Å². The van der Waals surface area contributed by atoms with E-state index in [0.29, 0.717) is 0 Å². The Hall–Kier alpha value is -2.42. The van der Waals surface area contributed by atoms with Crippen LogP contribution in [-0.4, -0.2) is 6.10 Å². The zero-order valence-corrected chi connectivity index (χ0v) is 17.9. The third kappa shape index (κ3) is 1.85. The normalized spacial score (nSPS) is 26.1. The smallest absolute Gasteiger partial charge is 0.143 e. The highest BCUT2D eigenvalue weighted by Gasteiger charge is 2.62. The summed E-state index contributed by atoms with van der Waals surface area (Å²) in [6, 6.07) is 22.3. The molecule has 4 aliphatic rings. The van der Waals surface area contributed by atoms with Crippen molar-refractivity contribution in [1.29, 1.82) is 0 Å². The molecular weight excluding hydrogens is 420 g/mol. The second-order valence-electron chi connectivity index (χ2n) is 9.07. The van der Waals surface area contributed by atoms with Gasteiger partial charge in [-0.1, -0.05) is 84.4 Å². The van der Waals surface area contributed by atoms with Gasteiger partial charge >= 0.3 is 0 Å². The van der Waals surface area contributed by atoms with E-state index >= 15 is 0 Å². The van der Waals surface area contributed by atoms with E-state index in [1.165, 1.54) is 50.1 Å². The lowest BCUT2D eigenvalue weighted by atomic mass is 9.71. The number of hydrogen-bond donors (Lipinski definition) is 0. The molecule has 1 fully saturated rings. The van der Waals surface area contributed by atoms with Crippen molar-refractivity contribution in [3.63, 3.8) is 0 Å². The quantitative estimate of drug-likeness (QED) is 0.378. The molecule has 7 rings (SSSR count). The maximum Gasteiger partial charge on any atom is 0.143 e. The molecule has 1 aliphatic heterocycles. The average Bonchev–Trinajstić information content (AvgIpc) is 3.40. The summed E-state index contributed by atoms with van der Waals surface area (Å²) in [5, 5.41) is 0. The van der Waals surface area contributed by atoms with Gasteiger partial charge in [0.1, 0.15) is 11.7 Å². The maximum atomic E-state index is 6.41. The lowest BCUT2D eigenvalue weighted by Crippen LogP contribution is -2.21. The molecule has 2 atom stereocenters. The number of hydrogen-bond acceptors (Lipinski definition) is 1. The van der Waals surface area contributed by atoms with Crippen molar-refractivity contribution in [3.05, 3.63) is 105 Å². The summed E-state index contributed by atoms with van der Waals surface area (Å²) in [4.78, 5) is 0. The zero-order chi connectivity index (χ0) is 19.5. The van der Waals surface area contributed by atoms with Crippen LogP contribution in [-0.2, 0) is 15.8 Å². The van der Waals surface area contributed by atoms with Crippen LogP contribution in [0.25, 0.3) is 22.3 Å². The Morgan fingerprint density at radius 2 is 1.55 bits per heavy atom. The minimum absolute atomic E-state index is 0.0165. The van der Waals surface area contributed by atoms with Crippen LogP contribution >= 0.6 is 15.9 Å². The van der Waals surface area contributed by atoms with Gasteiger partial charge in [-0.05, 0) is 62.7 Å². The van der Waals surface area contributed by atoms with Crippen LogP contribution in [0.1, 0.15) is 41.7 Å². The van der Waals surface area contributed by atoms with E-state index in [0.717, 1.165) is 4.47 Å². The molecule has 0 radical (unpaired) electrons. The lowest BCUT2D eigenvalue weighted by molar-refractivity contribution is 0.347. The zero-order valence-electron chi connectivity index (χ0n) is 16.3. The highest BCUT2D eigenvalue weighted by molar-refractivity contribution is 9.10. The van der Waals surface area contributed by atoms with Gasteiger partial charge in [-0.3, -0.25) is 0 Å². The van der Waals surface area contributed by atoms with Gasteiger partial charge in [0.25, 0.3) is 0 Å². The molecule has 3 aliphatic carbocycles. The predicted octanol–water partition coefficient (Wildman–Crippen LogP) is 6.84. The van der Waals surface area contributed by atoms with Crippen molar-refractivity contribution in [1.82, 2.24) is 0 Å². The Morgan fingerprint density at radius 3 is 2.38 bits per heavy atom. The van der Waals surface area contributed by atoms with Gasteiger partial charge in [0.2, 0.25) is 0 Å². The molecule has 2 unspecified atom stereocenters. The predicted molar refractivity (Wildman–Crippen MR) is 121 cm³/mol. The summed E-state index contributed by atoms with van der Waals surface area (Å²) in [5.74, 6) is 0. The highest BCUT2D eigenvalue weighted by atomic mass is 79.9. The van der Waals surface area contributed by atoms with E-state index in [-0.39, 0.29) is 17.1 Å². The molecule has 2 heteroatoms. The van der Waals surface area contributed by atoms with Crippen molar-refractivity contribution in [2.45, 2.75) is 31.0 Å². The molecule has 0 spiro atoms. The van der Waals surface area contributed by atoms with Crippen molar-refractivity contribution in [3.8, 4) is 11.1 Å². The molecule has 0 saturated carbocycles. The van der Waals surface area contributed by atoms with Crippen LogP contribution in [0.4, 0.5) is 0 Å². The van der Waals surface area contributed by atoms with Gasteiger partial charge < -0.3 is 4.74 Å². The van der Waals surface area contributed by atoms with Crippen molar-refractivity contribution < 1.29 is 4.74 Å². The molecular formula is C27H19BrO. The van der Waals surface area contributed by atoms with Crippen LogP contribution in [0.15, 0.2) is 77.3 Å². The van der Waals surface area contributed by atoms with E-state index in [1.807, 2.05) is 0 Å². The maximum absolute atomic E-state index is 6.41. The number of halogens is 1. The second kappa shape index (κ2) is 5.00. The number of benzene rings is 3. The van der Waals surface area contributed by atoms with Gasteiger partial charge in [-0.15, -0.1) is 0 Å². The molecule has 1 nitrogen and oxygen atoms in total. The molecule has 140 valence electrons. The van der Waals surface area contributed by atoms with E-state index < -0.39 is 0 Å². The molecule has 1 saturated heterocycles. The number of epoxide rings is 1. The van der Waals surface area contributed by atoms with Crippen LogP contribution in [0.5, 0.6) is 0 Å². The Balaban J connectivity index is 1.34. The molecule has 0 bridgehead atoms. The fourth-order valence-electron chi connectivity index (χ4n) is 5.68. The summed E-state index contributed by atoms with van der Waals surface area (Å²) < 4.78 is 7.55. The molecule has 3 aromatic rings. The van der Waals surface area contributed by atoms with E-state index in [2.05, 4.69) is 103 Å².